The van der Waals surface area contributed by atoms with Crippen molar-refractivity contribution in [3.8, 4) is 0 Å². The van der Waals surface area contributed by atoms with Gasteiger partial charge < -0.3 is 10.2 Å². The number of nitrogens with zero attached hydrogens (tertiary/aromatic N) is 4. The molecular formula is C14H29N5. The molecule has 1 aromatic heterocycles. The molecule has 5 nitrogen and oxygen atoms in total. The number of hydrogen-bond donors (Lipinski definition) is 1. The van der Waals surface area contributed by atoms with Crippen molar-refractivity contribution < 1.29 is 0 Å². The van der Waals surface area contributed by atoms with Gasteiger partial charge in [-0.05, 0) is 39.9 Å². The summed E-state index contributed by atoms with van der Waals surface area (Å²) in [5.41, 5.74) is 1.25. The molecule has 0 saturated carbocycles. The maximum atomic E-state index is 4.10. The highest BCUT2D eigenvalue weighted by Crippen LogP contribution is 2.35. The Balaban J connectivity index is 3.17. The minimum atomic E-state index is 0.0879. The third-order valence-electron chi connectivity index (χ3n) is 4.30. The molecule has 0 aromatic carbocycles. The summed E-state index contributed by atoms with van der Waals surface area (Å²) in [6, 6.07) is 0.248. The van der Waals surface area contributed by atoms with Gasteiger partial charge in [0.1, 0.15) is 0 Å². The molecule has 0 aliphatic carbocycles. The van der Waals surface area contributed by atoms with Crippen molar-refractivity contribution in [2.75, 3.05) is 20.6 Å². The van der Waals surface area contributed by atoms with Crippen molar-refractivity contribution in [1.82, 2.24) is 25.2 Å². The summed E-state index contributed by atoms with van der Waals surface area (Å²) in [5, 5.41) is 11.8. The van der Waals surface area contributed by atoms with Gasteiger partial charge in [-0.1, -0.05) is 26.0 Å². The van der Waals surface area contributed by atoms with Crippen molar-refractivity contribution >= 4 is 0 Å². The van der Waals surface area contributed by atoms with Gasteiger partial charge in [0.2, 0.25) is 0 Å². The van der Waals surface area contributed by atoms with Crippen LogP contribution in [-0.4, -0.2) is 46.1 Å². The third-order valence-corrected chi connectivity index (χ3v) is 4.30. The van der Waals surface area contributed by atoms with E-state index in [1.165, 1.54) is 0 Å². The molecule has 1 heterocycles. The van der Waals surface area contributed by atoms with E-state index in [0.717, 1.165) is 31.5 Å². The molecule has 0 radical (unpaired) electrons. The molecule has 0 aliphatic rings. The largest absolute Gasteiger partial charge is 0.307 e. The van der Waals surface area contributed by atoms with Crippen LogP contribution in [0.25, 0.3) is 0 Å². The van der Waals surface area contributed by atoms with Crippen LogP contribution in [0.1, 0.15) is 51.8 Å². The summed E-state index contributed by atoms with van der Waals surface area (Å²) in [6.07, 6.45) is 5.18. The zero-order valence-electron chi connectivity index (χ0n) is 13.3. The number of likely N-dealkylation sites (N-methyl/N-ethyl adjacent to an activating group) is 1. The van der Waals surface area contributed by atoms with E-state index >= 15 is 0 Å². The van der Waals surface area contributed by atoms with E-state index < -0.39 is 0 Å². The van der Waals surface area contributed by atoms with Crippen LogP contribution in [0.3, 0.4) is 0 Å². The van der Waals surface area contributed by atoms with Crippen LogP contribution >= 0.6 is 0 Å². The lowest BCUT2D eigenvalue weighted by Gasteiger charge is -2.45. The Labute approximate surface area is 117 Å². The van der Waals surface area contributed by atoms with E-state index in [2.05, 4.69) is 55.4 Å². The highest BCUT2D eigenvalue weighted by molar-refractivity contribution is 5.12. The smallest absolute Gasteiger partial charge is 0.0772 e. The Morgan fingerprint density at radius 2 is 1.95 bits per heavy atom. The molecule has 0 amide bonds. The molecule has 1 N–H and O–H groups in total. The van der Waals surface area contributed by atoms with E-state index in [9.17, 15) is 0 Å². The molecule has 1 atom stereocenters. The van der Waals surface area contributed by atoms with Gasteiger partial charge >= 0.3 is 0 Å². The molecule has 0 saturated heterocycles. The first-order valence-electron chi connectivity index (χ1n) is 7.28. The molecule has 0 fully saturated rings. The molecule has 1 rings (SSSR count). The molecule has 0 spiro atoms. The predicted molar refractivity (Wildman–Crippen MR) is 79.0 cm³/mol. The number of aromatic nitrogens is 3. The Morgan fingerprint density at radius 3 is 2.32 bits per heavy atom. The summed E-state index contributed by atoms with van der Waals surface area (Å²) in [6.45, 7) is 7.72. The van der Waals surface area contributed by atoms with E-state index in [0.29, 0.717) is 0 Å². The number of nitrogens with one attached hydrogen (secondary N) is 1. The van der Waals surface area contributed by atoms with Crippen molar-refractivity contribution in [3.63, 3.8) is 0 Å². The average molecular weight is 267 g/mol. The van der Waals surface area contributed by atoms with Crippen LogP contribution in [0.5, 0.6) is 0 Å². The van der Waals surface area contributed by atoms with E-state index in [-0.39, 0.29) is 11.6 Å². The van der Waals surface area contributed by atoms with Crippen LogP contribution in [0.15, 0.2) is 6.20 Å². The second-order valence-corrected chi connectivity index (χ2v) is 5.37. The zero-order chi connectivity index (χ0) is 14.5. The molecule has 0 bridgehead atoms. The number of rotatable bonds is 8. The normalized spacial score (nSPS) is 14.1. The van der Waals surface area contributed by atoms with E-state index in [1.54, 1.807) is 0 Å². The first-order valence-corrected chi connectivity index (χ1v) is 7.28. The van der Waals surface area contributed by atoms with Gasteiger partial charge in [-0.2, -0.15) is 0 Å². The Morgan fingerprint density at radius 1 is 1.32 bits per heavy atom. The second-order valence-electron chi connectivity index (χ2n) is 5.37. The summed E-state index contributed by atoms with van der Waals surface area (Å²) in [5.74, 6) is 0. The molecule has 1 unspecified atom stereocenters. The van der Waals surface area contributed by atoms with Gasteiger partial charge in [0.25, 0.3) is 0 Å². The summed E-state index contributed by atoms with van der Waals surface area (Å²) < 4.78 is 1.89. The topological polar surface area (TPSA) is 46.0 Å². The fourth-order valence-electron chi connectivity index (χ4n) is 2.97. The highest BCUT2D eigenvalue weighted by Gasteiger charge is 2.40. The van der Waals surface area contributed by atoms with Gasteiger partial charge in [-0.3, -0.25) is 4.68 Å². The average Bonchev–Trinajstić information content (AvgIpc) is 2.80. The van der Waals surface area contributed by atoms with Crippen molar-refractivity contribution in [1.29, 1.82) is 0 Å². The van der Waals surface area contributed by atoms with Gasteiger partial charge in [-0.15, -0.1) is 5.10 Å². The highest BCUT2D eigenvalue weighted by atomic mass is 15.4. The standard InChI is InChI=1S/C14H29N5/c1-7-10-15-13(12-11-16-17-19(12)6)14(8-2,9-3)18(4)5/h11,13,15H,7-10H2,1-6H3. The van der Waals surface area contributed by atoms with Crippen LogP contribution in [0, 0.1) is 0 Å². The van der Waals surface area contributed by atoms with Gasteiger partial charge in [-0.25, -0.2) is 0 Å². The Hall–Kier alpha value is -0.940. The molecule has 19 heavy (non-hydrogen) atoms. The Kier molecular flexibility index (Phi) is 5.94. The van der Waals surface area contributed by atoms with E-state index in [1.807, 2.05) is 17.9 Å². The first kappa shape index (κ1) is 16.1. The van der Waals surface area contributed by atoms with Gasteiger partial charge in [0.05, 0.1) is 17.9 Å². The molecule has 0 aliphatic heterocycles. The lowest BCUT2D eigenvalue weighted by Crippen LogP contribution is -2.53. The lowest BCUT2D eigenvalue weighted by atomic mass is 9.81. The van der Waals surface area contributed by atoms with E-state index in [4.69, 9.17) is 0 Å². The first-order chi connectivity index (χ1) is 9.03. The third kappa shape index (κ3) is 3.15. The summed E-state index contributed by atoms with van der Waals surface area (Å²) in [4.78, 5) is 2.34. The van der Waals surface area contributed by atoms with Crippen molar-refractivity contribution in [2.45, 2.75) is 51.6 Å². The van der Waals surface area contributed by atoms with Crippen molar-refractivity contribution in [3.05, 3.63) is 11.9 Å². The minimum Gasteiger partial charge on any atom is -0.307 e. The quantitative estimate of drug-likeness (QED) is 0.782. The van der Waals surface area contributed by atoms with Crippen molar-refractivity contribution in [2.24, 2.45) is 7.05 Å². The van der Waals surface area contributed by atoms with Crippen LogP contribution in [0.2, 0.25) is 0 Å². The van der Waals surface area contributed by atoms with Crippen LogP contribution < -0.4 is 5.32 Å². The fourth-order valence-corrected chi connectivity index (χ4v) is 2.97. The SMILES string of the molecule is CCCNC(c1cnnn1C)C(CC)(CC)N(C)C. The lowest BCUT2D eigenvalue weighted by molar-refractivity contribution is 0.0844. The molecule has 1 aromatic rings. The molecule has 5 heteroatoms. The van der Waals surface area contributed by atoms with Gasteiger partial charge in [0.15, 0.2) is 0 Å². The molecule has 110 valence electrons. The summed E-state index contributed by atoms with van der Waals surface area (Å²) >= 11 is 0. The Bertz CT molecular complexity index is 368. The van der Waals surface area contributed by atoms with Crippen LogP contribution in [-0.2, 0) is 7.05 Å². The van der Waals surface area contributed by atoms with Crippen LogP contribution in [0.4, 0.5) is 0 Å². The minimum absolute atomic E-state index is 0.0879. The predicted octanol–water partition coefficient (Wildman–Crippen LogP) is 1.98. The number of hydrogen-bond acceptors (Lipinski definition) is 4. The fraction of sp³-hybridized carbons (Fsp3) is 0.857. The van der Waals surface area contributed by atoms with Gasteiger partial charge in [0, 0.05) is 12.6 Å². The maximum absolute atomic E-state index is 4.10. The monoisotopic (exact) mass is 267 g/mol. The summed E-state index contributed by atoms with van der Waals surface area (Å²) in [7, 11) is 6.30. The molecular weight excluding hydrogens is 238 g/mol. The zero-order valence-corrected chi connectivity index (χ0v) is 13.3. The second kappa shape index (κ2) is 7.01. The maximum Gasteiger partial charge on any atom is 0.0772 e. The number of aryl methyl sites for hydroxylation is 1.